The lowest BCUT2D eigenvalue weighted by Crippen LogP contribution is -1.93. The minimum absolute atomic E-state index is 0.0961. The van der Waals surface area contributed by atoms with E-state index in [-0.39, 0.29) is 11.4 Å². The van der Waals surface area contributed by atoms with Crippen molar-refractivity contribution in [1.29, 1.82) is 0 Å². The van der Waals surface area contributed by atoms with Crippen molar-refractivity contribution in [2.24, 2.45) is 0 Å². The second-order valence-electron chi connectivity index (χ2n) is 3.54. The summed E-state index contributed by atoms with van der Waals surface area (Å²) in [4.78, 5) is 10.4. The van der Waals surface area contributed by atoms with Crippen LogP contribution in [0.5, 0.6) is 11.5 Å². The third-order valence-corrected chi connectivity index (χ3v) is 2.72. The molecule has 2 N–H and O–H groups in total. The van der Waals surface area contributed by atoms with E-state index in [4.69, 9.17) is 10.5 Å². The van der Waals surface area contributed by atoms with Crippen LogP contribution in [0.4, 0.5) is 11.4 Å². The SMILES string of the molecule is Nc1ccc(Oc2ccc(Br)cc2[N+](=O)[O-])cc1. The number of nitrogens with zero attached hydrogens (tertiary/aromatic N) is 1. The summed E-state index contributed by atoms with van der Waals surface area (Å²) in [6.07, 6.45) is 0. The Balaban J connectivity index is 2.34. The Morgan fingerprint density at radius 1 is 1.17 bits per heavy atom. The Labute approximate surface area is 111 Å². The van der Waals surface area contributed by atoms with E-state index in [1.54, 1.807) is 36.4 Å². The molecule has 0 unspecified atom stereocenters. The molecular weight excluding hydrogens is 300 g/mol. The van der Waals surface area contributed by atoms with E-state index in [0.717, 1.165) is 0 Å². The Bertz CT molecular complexity index is 584. The van der Waals surface area contributed by atoms with Crippen molar-refractivity contribution in [3.05, 3.63) is 57.1 Å². The van der Waals surface area contributed by atoms with Gasteiger partial charge in [0.1, 0.15) is 5.75 Å². The molecule has 0 aliphatic heterocycles. The van der Waals surface area contributed by atoms with Gasteiger partial charge in [0.05, 0.1) is 4.92 Å². The second-order valence-corrected chi connectivity index (χ2v) is 4.46. The molecule has 2 aromatic carbocycles. The molecule has 0 saturated carbocycles. The molecule has 0 aromatic heterocycles. The van der Waals surface area contributed by atoms with Crippen LogP contribution in [0, 0.1) is 10.1 Å². The van der Waals surface area contributed by atoms with Crippen LogP contribution in [-0.2, 0) is 0 Å². The molecule has 2 aromatic rings. The Hall–Kier alpha value is -2.08. The molecule has 6 heteroatoms. The van der Waals surface area contributed by atoms with Gasteiger partial charge in [-0.3, -0.25) is 10.1 Å². The van der Waals surface area contributed by atoms with Crippen molar-refractivity contribution in [3.8, 4) is 11.5 Å². The number of nitro benzene ring substituents is 1. The summed E-state index contributed by atoms with van der Waals surface area (Å²) >= 11 is 3.18. The topological polar surface area (TPSA) is 78.4 Å². The summed E-state index contributed by atoms with van der Waals surface area (Å²) in [5, 5.41) is 10.9. The molecule has 0 aliphatic rings. The van der Waals surface area contributed by atoms with Crippen molar-refractivity contribution in [3.63, 3.8) is 0 Å². The normalized spacial score (nSPS) is 10.1. The van der Waals surface area contributed by atoms with E-state index in [1.165, 1.54) is 6.07 Å². The predicted octanol–water partition coefficient (Wildman–Crippen LogP) is 3.73. The Kier molecular flexibility index (Phi) is 3.47. The Morgan fingerprint density at radius 3 is 2.44 bits per heavy atom. The third kappa shape index (κ3) is 2.78. The first-order valence-corrected chi connectivity index (χ1v) is 5.83. The molecule has 0 bridgehead atoms. The van der Waals surface area contributed by atoms with Crippen LogP contribution in [0.1, 0.15) is 0 Å². The molecule has 0 heterocycles. The highest BCUT2D eigenvalue weighted by Gasteiger charge is 2.16. The van der Waals surface area contributed by atoms with E-state index in [2.05, 4.69) is 15.9 Å². The first-order valence-electron chi connectivity index (χ1n) is 5.03. The highest BCUT2D eigenvalue weighted by molar-refractivity contribution is 9.10. The molecular formula is C12H9BrN2O3. The number of anilines is 1. The number of rotatable bonds is 3. The number of nitrogens with two attached hydrogens (primary N) is 1. The first kappa shape index (κ1) is 12.4. The van der Waals surface area contributed by atoms with Gasteiger partial charge in [0.25, 0.3) is 0 Å². The molecule has 0 amide bonds. The molecule has 0 aliphatic carbocycles. The van der Waals surface area contributed by atoms with E-state index < -0.39 is 4.92 Å². The minimum Gasteiger partial charge on any atom is -0.450 e. The summed E-state index contributed by atoms with van der Waals surface area (Å²) in [5.74, 6) is 0.683. The molecule has 0 radical (unpaired) electrons. The van der Waals surface area contributed by atoms with Gasteiger partial charge in [-0.05, 0) is 36.4 Å². The van der Waals surface area contributed by atoms with Crippen molar-refractivity contribution in [1.82, 2.24) is 0 Å². The zero-order valence-electron chi connectivity index (χ0n) is 9.17. The maximum Gasteiger partial charge on any atom is 0.312 e. The van der Waals surface area contributed by atoms with Gasteiger partial charge < -0.3 is 10.5 Å². The summed E-state index contributed by atoms with van der Waals surface area (Å²) in [6, 6.07) is 11.3. The highest BCUT2D eigenvalue weighted by Crippen LogP contribution is 2.33. The van der Waals surface area contributed by atoms with Crippen molar-refractivity contribution in [2.75, 3.05) is 5.73 Å². The van der Waals surface area contributed by atoms with Crippen LogP contribution >= 0.6 is 15.9 Å². The monoisotopic (exact) mass is 308 g/mol. The maximum atomic E-state index is 10.9. The average molecular weight is 309 g/mol. The Morgan fingerprint density at radius 2 is 1.83 bits per heavy atom. The van der Waals surface area contributed by atoms with Gasteiger partial charge in [-0.1, -0.05) is 15.9 Å². The van der Waals surface area contributed by atoms with Crippen molar-refractivity contribution >= 4 is 27.3 Å². The number of ether oxygens (including phenoxy) is 1. The van der Waals surface area contributed by atoms with Gasteiger partial charge in [-0.15, -0.1) is 0 Å². The van der Waals surface area contributed by atoms with Gasteiger partial charge in [-0.2, -0.15) is 0 Å². The lowest BCUT2D eigenvalue weighted by Gasteiger charge is -2.06. The van der Waals surface area contributed by atoms with Gasteiger partial charge >= 0.3 is 5.69 Å². The summed E-state index contributed by atoms with van der Waals surface area (Å²) < 4.78 is 6.09. The van der Waals surface area contributed by atoms with E-state index in [9.17, 15) is 10.1 Å². The largest absolute Gasteiger partial charge is 0.450 e. The van der Waals surface area contributed by atoms with Gasteiger partial charge in [0.2, 0.25) is 5.75 Å². The molecule has 92 valence electrons. The number of halogens is 1. The lowest BCUT2D eigenvalue weighted by atomic mass is 10.3. The van der Waals surface area contributed by atoms with Gasteiger partial charge in [-0.25, -0.2) is 0 Å². The number of benzene rings is 2. The van der Waals surface area contributed by atoms with Crippen LogP contribution in [0.2, 0.25) is 0 Å². The zero-order valence-corrected chi connectivity index (χ0v) is 10.8. The fraction of sp³-hybridized carbons (Fsp3) is 0. The molecule has 0 atom stereocenters. The number of nitrogen functional groups attached to an aromatic ring is 1. The molecule has 0 spiro atoms. The average Bonchev–Trinajstić information content (AvgIpc) is 2.34. The van der Waals surface area contributed by atoms with E-state index in [1.807, 2.05) is 0 Å². The second kappa shape index (κ2) is 5.05. The fourth-order valence-corrected chi connectivity index (χ4v) is 1.73. The van der Waals surface area contributed by atoms with Crippen LogP contribution < -0.4 is 10.5 Å². The molecule has 0 fully saturated rings. The van der Waals surface area contributed by atoms with Gasteiger partial charge in [0, 0.05) is 16.2 Å². The molecule has 18 heavy (non-hydrogen) atoms. The van der Waals surface area contributed by atoms with Crippen LogP contribution in [0.3, 0.4) is 0 Å². The van der Waals surface area contributed by atoms with Crippen LogP contribution in [0.25, 0.3) is 0 Å². The summed E-state index contributed by atoms with van der Waals surface area (Å²) in [6.45, 7) is 0. The number of nitro groups is 1. The summed E-state index contributed by atoms with van der Waals surface area (Å²) in [5.41, 5.74) is 6.06. The molecule has 5 nitrogen and oxygen atoms in total. The van der Waals surface area contributed by atoms with Crippen LogP contribution in [-0.4, -0.2) is 4.92 Å². The number of hydrogen-bond acceptors (Lipinski definition) is 4. The predicted molar refractivity (Wildman–Crippen MR) is 71.7 cm³/mol. The maximum absolute atomic E-state index is 10.9. The quantitative estimate of drug-likeness (QED) is 0.532. The molecule has 0 saturated heterocycles. The zero-order chi connectivity index (χ0) is 13.1. The van der Waals surface area contributed by atoms with Crippen LogP contribution in [0.15, 0.2) is 46.9 Å². The summed E-state index contributed by atoms with van der Waals surface area (Å²) in [7, 11) is 0. The number of hydrogen-bond donors (Lipinski definition) is 1. The van der Waals surface area contributed by atoms with Gasteiger partial charge in [0.15, 0.2) is 0 Å². The van der Waals surface area contributed by atoms with E-state index in [0.29, 0.717) is 15.9 Å². The lowest BCUT2D eigenvalue weighted by molar-refractivity contribution is -0.385. The fourth-order valence-electron chi connectivity index (χ4n) is 1.38. The molecule has 2 rings (SSSR count). The first-order chi connectivity index (χ1) is 8.56. The standard InChI is InChI=1S/C12H9BrN2O3/c13-8-1-6-12(11(7-8)15(16)17)18-10-4-2-9(14)3-5-10/h1-7H,14H2. The third-order valence-electron chi connectivity index (χ3n) is 2.23. The van der Waals surface area contributed by atoms with E-state index >= 15 is 0 Å². The van der Waals surface area contributed by atoms with Crippen molar-refractivity contribution < 1.29 is 9.66 Å². The van der Waals surface area contributed by atoms with Crippen molar-refractivity contribution in [2.45, 2.75) is 0 Å². The minimum atomic E-state index is -0.489. The highest BCUT2D eigenvalue weighted by atomic mass is 79.9. The smallest absolute Gasteiger partial charge is 0.312 e.